The number of ether oxygens (including phenoxy) is 1. The lowest BCUT2D eigenvalue weighted by Gasteiger charge is -2.40. The summed E-state index contributed by atoms with van der Waals surface area (Å²) in [4.78, 5) is 23.6. The predicted octanol–water partition coefficient (Wildman–Crippen LogP) is 1.81. The number of nitrogens with zero attached hydrogens (tertiary/aromatic N) is 5. The standard InChI is InChI=1S/C21H25N7O2/c1-27-12-14-5-17(19(30-2)6-16(14)26-27)25-21(29)18-8-24-20(9-23-18)28-10-13(11-28)7-22-15-3-4-15/h5-6,8-9,12-13,15,22H,3-4,7,10-11H2,1-2H3,(H,25,29). The molecule has 5 rings (SSSR count). The maximum Gasteiger partial charge on any atom is 0.275 e. The second-order valence-corrected chi connectivity index (χ2v) is 8.08. The van der Waals surface area contributed by atoms with Crippen LogP contribution in [0, 0.1) is 5.92 Å². The molecule has 3 heterocycles. The second kappa shape index (κ2) is 7.56. The Morgan fingerprint density at radius 2 is 2.07 bits per heavy atom. The van der Waals surface area contributed by atoms with E-state index in [4.69, 9.17) is 4.74 Å². The van der Waals surface area contributed by atoms with Crippen LogP contribution in [0.3, 0.4) is 0 Å². The van der Waals surface area contributed by atoms with Gasteiger partial charge in [0.05, 0.1) is 30.7 Å². The maximum atomic E-state index is 12.7. The number of hydrogen-bond acceptors (Lipinski definition) is 7. The second-order valence-electron chi connectivity index (χ2n) is 8.08. The molecule has 0 spiro atoms. The molecule has 1 saturated heterocycles. The Hall–Kier alpha value is -3.20. The van der Waals surface area contributed by atoms with E-state index in [0.717, 1.165) is 42.4 Å². The highest BCUT2D eigenvalue weighted by Crippen LogP contribution is 2.30. The fourth-order valence-corrected chi connectivity index (χ4v) is 3.74. The monoisotopic (exact) mass is 407 g/mol. The Morgan fingerprint density at radius 3 is 2.77 bits per heavy atom. The molecule has 30 heavy (non-hydrogen) atoms. The van der Waals surface area contributed by atoms with Crippen molar-refractivity contribution < 1.29 is 9.53 Å². The van der Waals surface area contributed by atoms with Crippen molar-refractivity contribution in [3.63, 3.8) is 0 Å². The number of aromatic nitrogens is 4. The molecule has 1 saturated carbocycles. The molecule has 1 aliphatic carbocycles. The average molecular weight is 407 g/mol. The van der Waals surface area contributed by atoms with Crippen LogP contribution in [0.1, 0.15) is 23.3 Å². The first-order chi connectivity index (χ1) is 14.6. The molecule has 2 N–H and O–H groups in total. The molecule has 0 atom stereocenters. The highest BCUT2D eigenvalue weighted by molar-refractivity contribution is 6.04. The van der Waals surface area contributed by atoms with Crippen LogP contribution < -0.4 is 20.3 Å². The Balaban J connectivity index is 1.23. The fraction of sp³-hybridized carbons (Fsp3) is 0.429. The number of carbonyl (C=O) groups is 1. The van der Waals surface area contributed by atoms with Crippen molar-refractivity contribution in [2.24, 2.45) is 13.0 Å². The number of rotatable bonds is 7. The number of fused-ring (bicyclic) bond motifs is 1. The van der Waals surface area contributed by atoms with Crippen LogP contribution in [0.15, 0.2) is 30.7 Å². The van der Waals surface area contributed by atoms with Crippen molar-refractivity contribution in [3.05, 3.63) is 36.4 Å². The molecule has 2 fully saturated rings. The minimum atomic E-state index is -0.328. The summed E-state index contributed by atoms with van der Waals surface area (Å²) >= 11 is 0. The van der Waals surface area contributed by atoms with Gasteiger partial charge in [0.1, 0.15) is 17.3 Å². The van der Waals surface area contributed by atoms with Gasteiger partial charge in [0.15, 0.2) is 0 Å². The summed E-state index contributed by atoms with van der Waals surface area (Å²) in [5, 5.41) is 11.7. The van der Waals surface area contributed by atoms with Gasteiger partial charge in [0, 0.05) is 56.3 Å². The first-order valence-corrected chi connectivity index (χ1v) is 10.2. The number of amides is 1. The Bertz CT molecular complexity index is 1070. The van der Waals surface area contributed by atoms with Gasteiger partial charge >= 0.3 is 0 Å². The Labute approximate surface area is 174 Å². The molecule has 9 heteroatoms. The molecule has 0 radical (unpaired) electrons. The average Bonchev–Trinajstić information content (AvgIpc) is 3.46. The number of carbonyl (C=O) groups excluding carboxylic acids is 1. The van der Waals surface area contributed by atoms with Gasteiger partial charge in [0.25, 0.3) is 5.91 Å². The van der Waals surface area contributed by atoms with E-state index in [0.29, 0.717) is 17.4 Å². The zero-order valence-electron chi connectivity index (χ0n) is 17.1. The summed E-state index contributed by atoms with van der Waals surface area (Å²) in [5.74, 6) is 1.69. The number of benzene rings is 1. The van der Waals surface area contributed by atoms with Crippen LogP contribution in [0.2, 0.25) is 0 Å². The van der Waals surface area contributed by atoms with Crippen LogP contribution in [0.25, 0.3) is 10.9 Å². The lowest BCUT2D eigenvalue weighted by molar-refractivity contribution is 0.102. The molecular weight excluding hydrogens is 382 g/mol. The van der Waals surface area contributed by atoms with Crippen molar-refractivity contribution in [3.8, 4) is 5.75 Å². The first-order valence-electron chi connectivity index (χ1n) is 10.2. The summed E-state index contributed by atoms with van der Waals surface area (Å²) in [7, 11) is 3.42. The highest BCUT2D eigenvalue weighted by Gasteiger charge is 2.30. The van der Waals surface area contributed by atoms with Crippen LogP contribution in [0.4, 0.5) is 11.5 Å². The molecule has 0 bridgehead atoms. The van der Waals surface area contributed by atoms with E-state index in [9.17, 15) is 4.79 Å². The largest absolute Gasteiger partial charge is 0.494 e. The summed E-state index contributed by atoms with van der Waals surface area (Å²) in [6, 6.07) is 4.39. The van der Waals surface area contributed by atoms with E-state index >= 15 is 0 Å². The van der Waals surface area contributed by atoms with E-state index in [1.807, 2.05) is 19.3 Å². The molecular formula is C21H25N7O2. The van der Waals surface area contributed by atoms with Crippen molar-refractivity contribution in [2.75, 3.05) is 37.0 Å². The molecule has 2 aromatic heterocycles. The maximum absolute atomic E-state index is 12.7. The van der Waals surface area contributed by atoms with Gasteiger partial charge < -0.3 is 20.3 Å². The fourth-order valence-electron chi connectivity index (χ4n) is 3.74. The normalized spacial score (nSPS) is 16.5. The lowest BCUT2D eigenvalue weighted by atomic mass is 10.0. The third kappa shape index (κ3) is 3.80. The molecule has 9 nitrogen and oxygen atoms in total. The van der Waals surface area contributed by atoms with Gasteiger partial charge in [-0.3, -0.25) is 9.48 Å². The summed E-state index contributed by atoms with van der Waals surface area (Å²) < 4.78 is 7.13. The quantitative estimate of drug-likeness (QED) is 0.616. The molecule has 156 valence electrons. The smallest absolute Gasteiger partial charge is 0.275 e. The molecule has 0 unspecified atom stereocenters. The number of aryl methyl sites for hydroxylation is 1. The summed E-state index contributed by atoms with van der Waals surface area (Å²) in [6.07, 6.45) is 7.71. The Morgan fingerprint density at radius 1 is 1.23 bits per heavy atom. The van der Waals surface area contributed by atoms with Crippen molar-refractivity contribution in [2.45, 2.75) is 18.9 Å². The minimum absolute atomic E-state index is 0.263. The molecule has 1 amide bonds. The molecule has 1 aliphatic heterocycles. The number of methoxy groups -OCH3 is 1. The molecule has 3 aromatic rings. The van der Waals surface area contributed by atoms with Crippen molar-refractivity contribution in [1.82, 2.24) is 25.1 Å². The Kier molecular flexibility index (Phi) is 4.74. The van der Waals surface area contributed by atoms with E-state index in [-0.39, 0.29) is 11.6 Å². The summed E-state index contributed by atoms with van der Waals surface area (Å²) in [6.45, 7) is 3.02. The zero-order valence-corrected chi connectivity index (χ0v) is 17.1. The van der Waals surface area contributed by atoms with E-state index in [1.165, 1.54) is 19.0 Å². The number of nitrogens with one attached hydrogen (secondary N) is 2. The van der Waals surface area contributed by atoms with Gasteiger partial charge in [-0.2, -0.15) is 5.10 Å². The number of hydrogen-bond donors (Lipinski definition) is 2. The summed E-state index contributed by atoms with van der Waals surface area (Å²) in [5.41, 5.74) is 1.64. The lowest BCUT2D eigenvalue weighted by Crippen LogP contribution is -2.51. The molecule has 2 aliphatic rings. The van der Waals surface area contributed by atoms with Crippen molar-refractivity contribution in [1.29, 1.82) is 0 Å². The van der Waals surface area contributed by atoms with Gasteiger partial charge in [-0.1, -0.05) is 0 Å². The minimum Gasteiger partial charge on any atom is -0.494 e. The van der Waals surface area contributed by atoms with Crippen LogP contribution in [0.5, 0.6) is 5.75 Å². The van der Waals surface area contributed by atoms with Crippen LogP contribution in [-0.4, -0.2) is 58.4 Å². The van der Waals surface area contributed by atoms with Gasteiger partial charge in [0.2, 0.25) is 0 Å². The third-order valence-electron chi connectivity index (χ3n) is 5.61. The first kappa shape index (κ1) is 18.8. The number of anilines is 2. The molecule has 1 aromatic carbocycles. The topological polar surface area (TPSA) is 97.2 Å². The SMILES string of the molecule is COc1cc2nn(C)cc2cc1NC(=O)c1cnc(N2CC(CNC3CC3)C2)cn1. The van der Waals surface area contributed by atoms with E-state index < -0.39 is 0 Å². The van der Waals surface area contributed by atoms with E-state index in [1.54, 1.807) is 24.1 Å². The van der Waals surface area contributed by atoms with Gasteiger partial charge in [-0.25, -0.2) is 9.97 Å². The third-order valence-corrected chi connectivity index (χ3v) is 5.61. The van der Waals surface area contributed by atoms with Crippen LogP contribution in [-0.2, 0) is 7.05 Å². The van der Waals surface area contributed by atoms with E-state index in [2.05, 4.69) is 30.6 Å². The highest BCUT2D eigenvalue weighted by atomic mass is 16.5. The zero-order chi connectivity index (χ0) is 20.7. The van der Waals surface area contributed by atoms with Gasteiger partial charge in [-0.05, 0) is 18.9 Å². The van der Waals surface area contributed by atoms with Crippen molar-refractivity contribution >= 4 is 28.3 Å². The predicted molar refractivity (Wildman–Crippen MR) is 114 cm³/mol. The van der Waals surface area contributed by atoms with Crippen LogP contribution >= 0.6 is 0 Å². The van der Waals surface area contributed by atoms with Gasteiger partial charge in [-0.15, -0.1) is 0 Å².